The van der Waals surface area contributed by atoms with Crippen molar-refractivity contribution in [2.45, 2.75) is 11.1 Å². The molecular weight excluding hydrogens is 626 g/mol. The van der Waals surface area contributed by atoms with E-state index in [0.717, 1.165) is 38.4 Å². The lowest BCUT2D eigenvalue weighted by Crippen LogP contribution is -2.45. The zero-order valence-corrected chi connectivity index (χ0v) is 27.4. The molecule has 51 heavy (non-hydrogen) atoms. The zero-order valence-electron chi connectivity index (χ0n) is 27.4. The molecule has 0 saturated carbocycles. The van der Waals surface area contributed by atoms with Crippen LogP contribution < -0.4 is 0 Å². The fourth-order valence-corrected chi connectivity index (χ4v) is 8.76. The number of aromatic nitrogens is 3. The fourth-order valence-electron chi connectivity index (χ4n) is 8.76. The maximum Gasteiger partial charge on any atom is 0.180 e. The van der Waals surface area contributed by atoms with Gasteiger partial charge in [-0.3, -0.25) is 0 Å². The van der Waals surface area contributed by atoms with Gasteiger partial charge in [0.15, 0.2) is 23.1 Å². The second kappa shape index (κ2) is 10.3. The van der Waals surface area contributed by atoms with E-state index in [1.807, 2.05) is 66.7 Å². The van der Waals surface area contributed by atoms with Crippen LogP contribution in [-0.4, -0.2) is 15.0 Å². The predicted octanol–water partition coefficient (Wildman–Crippen LogP) is 11.2. The average Bonchev–Trinajstić information content (AvgIpc) is 3.21. The maximum atomic E-state index is 17.1. The third kappa shape index (κ3) is 3.79. The molecule has 0 fully saturated rings. The number of benzene rings is 8. The highest BCUT2D eigenvalue weighted by Crippen LogP contribution is 2.58. The minimum absolute atomic E-state index is 0.566. The van der Waals surface area contributed by atoms with E-state index in [-0.39, 0.29) is 0 Å². The second-order valence-corrected chi connectivity index (χ2v) is 13.6. The number of halogens is 1. The van der Waals surface area contributed by atoms with Crippen molar-refractivity contribution in [1.29, 1.82) is 0 Å². The molecule has 0 atom stereocenters. The normalized spacial score (nSPS) is 18.8. The summed E-state index contributed by atoms with van der Waals surface area (Å²) in [5.74, 6) is 1.72. The SMILES string of the molecule is FC12C=CC(c3nc(-c4ccc5c6ccccc6c6ccccc6c5c4)nc(-c4cccc5ccccc45)n3)(c3ccccc31)c1ccccc12. The number of fused-ring (bicyclic) bond motifs is 7. The molecule has 0 N–H and O–H groups in total. The first-order valence-electron chi connectivity index (χ1n) is 17.3. The van der Waals surface area contributed by atoms with Crippen LogP contribution in [0.5, 0.6) is 0 Å². The van der Waals surface area contributed by atoms with Crippen molar-refractivity contribution in [3.63, 3.8) is 0 Å². The molecule has 1 heterocycles. The average molecular weight is 654 g/mol. The fraction of sp³-hybridized carbons (Fsp3) is 0.0426. The van der Waals surface area contributed by atoms with E-state index in [0.29, 0.717) is 28.6 Å². The Morgan fingerprint density at radius 3 is 1.57 bits per heavy atom. The molecule has 3 aliphatic carbocycles. The van der Waals surface area contributed by atoms with Crippen LogP contribution >= 0.6 is 0 Å². The monoisotopic (exact) mass is 653 g/mol. The smallest absolute Gasteiger partial charge is 0.180 e. The van der Waals surface area contributed by atoms with Crippen LogP contribution in [0, 0.1) is 0 Å². The van der Waals surface area contributed by atoms with Gasteiger partial charge in [-0.15, -0.1) is 0 Å². The topological polar surface area (TPSA) is 38.7 Å². The van der Waals surface area contributed by atoms with Gasteiger partial charge in [-0.1, -0.05) is 158 Å². The molecule has 1 aromatic heterocycles. The van der Waals surface area contributed by atoms with Crippen LogP contribution in [0.25, 0.3) is 65.9 Å². The molecule has 3 nitrogen and oxygen atoms in total. The molecule has 4 heteroatoms. The first-order chi connectivity index (χ1) is 25.1. The summed E-state index contributed by atoms with van der Waals surface area (Å²) in [6, 6.07) is 53.9. The van der Waals surface area contributed by atoms with Crippen molar-refractivity contribution >= 4 is 43.1 Å². The highest BCUT2D eigenvalue weighted by atomic mass is 19.1. The second-order valence-electron chi connectivity index (χ2n) is 13.6. The maximum absolute atomic E-state index is 17.1. The largest absolute Gasteiger partial charge is 0.229 e. The summed E-state index contributed by atoms with van der Waals surface area (Å²) < 4.78 is 17.1. The van der Waals surface area contributed by atoms with Crippen LogP contribution in [0.2, 0.25) is 0 Å². The van der Waals surface area contributed by atoms with Crippen molar-refractivity contribution in [2.24, 2.45) is 0 Å². The summed E-state index contributed by atoms with van der Waals surface area (Å²) in [4.78, 5) is 16.0. The molecule has 0 amide bonds. The number of allylic oxidation sites excluding steroid dienone is 2. The van der Waals surface area contributed by atoms with Gasteiger partial charge >= 0.3 is 0 Å². The summed E-state index contributed by atoms with van der Waals surface area (Å²) in [5.41, 5.74) is 2.12. The van der Waals surface area contributed by atoms with Gasteiger partial charge in [0.2, 0.25) is 0 Å². The summed E-state index contributed by atoms with van der Waals surface area (Å²) in [6.07, 6.45) is 3.68. The van der Waals surface area contributed by atoms with E-state index < -0.39 is 11.1 Å². The number of nitrogens with zero attached hydrogens (tertiary/aromatic N) is 3. The molecule has 0 spiro atoms. The van der Waals surface area contributed by atoms with Crippen LogP contribution in [-0.2, 0) is 11.1 Å². The van der Waals surface area contributed by atoms with Gasteiger partial charge in [0, 0.05) is 22.3 Å². The highest BCUT2D eigenvalue weighted by Gasteiger charge is 2.55. The third-order valence-corrected chi connectivity index (χ3v) is 11.1. The summed E-state index contributed by atoms with van der Waals surface area (Å²) >= 11 is 0. The quantitative estimate of drug-likeness (QED) is 0.141. The molecule has 9 aromatic rings. The Morgan fingerprint density at radius 2 is 0.902 bits per heavy atom. The molecule has 2 bridgehead atoms. The highest BCUT2D eigenvalue weighted by molar-refractivity contribution is 6.25. The Hall–Kier alpha value is -6.52. The minimum Gasteiger partial charge on any atom is -0.229 e. The van der Waals surface area contributed by atoms with Crippen molar-refractivity contribution in [3.05, 3.63) is 198 Å². The van der Waals surface area contributed by atoms with Gasteiger partial charge < -0.3 is 0 Å². The predicted molar refractivity (Wildman–Crippen MR) is 205 cm³/mol. The first-order valence-corrected chi connectivity index (χ1v) is 17.3. The van der Waals surface area contributed by atoms with Gasteiger partial charge in [-0.2, -0.15) is 0 Å². The first kappa shape index (κ1) is 28.3. The molecule has 238 valence electrons. The van der Waals surface area contributed by atoms with E-state index in [1.54, 1.807) is 6.08 Å². The zero-order chi connectivity index (χ0) is 33.7. The van der Waals surface area contributed by atoms with E-state index >= 15 is 4.39 Å². The summed E-state index contributed by atoms with van der Waals surface area (Å²) in [7, 11) is 0. The number of hydrogen-bond acceptors (Lipinski definition) is 3. The molecule has 3 aliphatic rings. The molecule has 0 unspecified atom stereocenters. The minimum atomic E-state index is -1.73. The van der Waals surface area contributed by atoms with E-state index in [1.165, 1.54) is 26.9 Å². The van der Waals surface area contributed by atoms with Crippen LogP contribution in [0.1, 0.15) is 28.1 Å². The summed E-state index contributed by atoms with van der Waals surface area (Å²) in [5, 5.41) is 9.32. The number of hydrogen-bond donors (Lipinski definition) is 0. The standard InChI is InChI=1S/C47H28FN3/c48-47-27-26-46(39-20-7-9-22-41(39)47,40-21-8-10-23-42(40)47)45-50-43(49-44(51-45)37-19-11-13-29-12-1-2-14-31(29)37)30-24-25-36-34-17-4-3-15-32(34)33-16-5-6-18-35(33)38(36)28-30/h1-28H. The van der Waals surface area contributed by atoms with Gasteiger partial charge in [0.25, 0.3) is 0 Å². The lowest BCUT2D eigenvalue weighted by molar-refractivity contribution is 0.267. The number of rotatable bonds is 3. The van der Waals surface area contributed by atoms with Gasteiger partial charge in [0.05, 0.1) is 5.41 Å². The Balaban J connectivity index is 1.24. The molecular formula is C47H28FN3. The van der Waals surface area contributed by atoms with E-state index in [4.69, 9.17) is 15.0 Å². The van der Waals surface area contributed by atoms with Crippen LogP contribution in [0.15, 0.2) is 170 Å². The molecule has 0 saturated heterocycles. The number of alkyl halides is 1. The van der Waals surface area contributed by atoms with Crippen molar-refractivity contribution < 1.29 is 4.39 Å². The lowest BCUT2D eigenvalue weighted by atomic mass is 9.57. The van der Waals surface area contributed by atoms with Gasteiger partial charge in [-0.25, -0.2) is 19.3 Å². The molecule has 12 rings (SSSR count). The Morgan fingerprint density at radius 1 is 0.392 bits per heavy atom. The summed E-state index contributed by atoms with van der Waals surface area (Å²) in [6.45, 7) is 0. The van der Waals surface area contributed by atoms with Gasteiger partial charge in [-0.05, 0) is 66.4 Å². The molecule has 8 aromatic carbocycles. The third-order valence-electron chi connectivity index (χ3n) is 11.1. The Labute approximate surface area is 293 Å². The molecule has 0 radical (unpaired) electrons. The van der Waals surface area contributed by atoms with Crippen molar-refractivity contribution in [2.75, 3.05) is 0 Å². The van der Waals surface area contributed by atoms with Crippen molar-refractivity contribution in [1.82, 2.24) is 15.0 Å². The molecule has 0 aliphatic heterocycles. The van der Waals surface area contributed by atoms with Crippen LogP contribution in [0.3, 0.4) is 0 Å². The lowest BCUT2D eigenvalue weighted by Gasteiger charge is -2.47. The van der Waals surface area contributed by atoms with Crippen LogP contribution in [0.4, 0.5) is 4.39 Å². The van der Waals surface area contributed by atoms with Crippen molar-refractivity contribution in [3.8, 4) is 22.8 Å². The van der Waals surface area contributed by atoms with E-state index in [9.17, 15) is 0 Å². The van der Waals surface area contributed by atoms with E-state index in [2.05, 4.69) is 97.1 Å². The Bertz CT molecular complexity index is 2870. The van der Waals surface area contributed by atoms with Gasteiger partial charge in [0.1, 0.15) is 0 Å². The Kier molecular flexibility index (Phi) is 5.70.